The van der Waals surface area contributed by atoms with E-state index in [4.69, 9.17) is 14.3 Å². The number of fused-ring (bicyclic) bond motifs is 2. The Morgan fingerprint density at radius 1 is 1.08 bits per heavy atom. The van der Waals surface area contributed by atoms with E-state index >= 15 is 0 Å². The molecule has 11 heteroatoms. The minimum absolute atomic E-state index is 0.0106. The molecule has 4 aliphatic rings. The maximum atomic E-state index is 14.2. The van der Waals surface area contributed by atoms with Crippen molar-refractivity contribution in [3.05, 3.63) is 47.5 Å². The number of para-hydroxylation sites is 1. The van der Waals surface area contributed by atoms with Gasteiger partial charge in [0.25, 0.3) is 5.91 Å². The molecule has 1 heterocycles. The Labute approximate surface area is 310 Å². The van der Waals surface area contributed by atoms with Crippen LogP contribution in [0.2, 0.25) is 0 Å². The number of carbonyl (C=O) groups excluding carboxylic acids is 2. The molecule has 0 aromatic heterocycles. The molecule has 52 heavy (non-hydrogen) atoms. The van der Waals surface area contributed by atoms with Crippen LogP contribution in [-0.2, 0) is 16.2 Å². The summed E-state index contributed by atoms with van der Waals surface area (Å²) in [5, 5.41) is 29.4. The third kappa shape index (κ3) is 8.14. The van der Waals surface area contributed by atoms with Gasteiger partial charge in [-0.15, -0.1) is 0 Å². The van der Waals surface area contributed by atoms with Gasteiger partial charge >= 0.3 is 0 Å². The van der Waals surface area contributed by atoms with E-state index < -0.39 is 24.2 Å². The number of carbonyl (C=O) groups is 2. The lowest BCUT2D eigenvalue weighted by molar-refractivity contribution is -0.183. The van der Waals surface area contributed by atoms with Gasteiger partial charge in [-0.1, -0.05) is 52.8 Å². The number of hydrogen-bond donors (Lipinski definition) is 4. The van der Waals surface area contributed by atoms with Crippen molar-refractivity contribution in [2.45, 2.75) is 97.7 Å². The molecule has 3 aliphatic carbocycles. The monoisotopic (exact) mass is 722 g/mol. The fourth-order valence-corrected chi connectivity index (χ4v) is 9.33. The standard InChI is InChI=1S/C41H62N4O7/c1-23(2)16-29(21-44(7)8)42-39(48)26-14-15-34(50-9)31(17-26)30-13-11-12-27(38(30)51-10)20-45-37(36(25(4)47)35(22-46)52-45)40(49)43-33-19-28-18-32(24(33)3)41(28,5)6/h11-15,17,23-25,28-29,32-33,35-37,46-47H,16,18-22H2,1-10H3,(H,42,48)(H,43,49)/t24-,25-,28+,29-,32-,33-,35-,36-,37?/m0/s1. The summed E-state index contributed by atoms with van der Waals surface area (Å²) in [6, 6.07) is 10.3. The van der Waals surface area contributed by atoms with E-state index in [0.29, 0.717) is 51.9 Å². The van der Waals surface area contributed by atoms with Crippen LogP contribution in [0, 0.1) is 35.0 Å². The second-order valence-electron chi connectivity index (χ2n) is 16.7. The van der Waals surface area contributed by atoms with Gasteiger partial charge in [0.1, 0.15) is 23.6 Å². The van der Waals surface area contributed by atoms with Crippen molar-refractivity contribution < 1.29 is 34.1 Å². The molecule has 2 aromatic rings. The van der Waals surface area contributed by atoms with Gasteiger partial charge < -0.3 is 35.2 Å². The molecule has 2 bridgehead atoms. The molecule has 1 saturated heterocycles. The summed E-state index contributed by atoms with van der Waals surface area (Å²) in [6.07, 6.45) is 1.31. The highest BCUT2D eigenvalue weighted by atomic mass is 16.7. The lowest BCUT2D eigenvalue weighted by Crippen LogP contribution is -2.62. The van der Waals surface area contributed by atoms with Crippen molar-refractivity contribution in [1.82, 2.24) is 20.6 Å². The average molecular weight is 723 g/mol. The second kappa shape index (κ2) is 16.4. The Hall–Kier alpha value is -3.22. The fraction of sp³-hybridized carbons (Fsp3) is 0.659. The van der Waals surface area contributed by atoms with Crippen LogP contribution in [-0.4, -0.2) is 104 Å². The minimum atomic E-state index is -0.904. The number of aliphatic hydroxyl groups excluding tert-OH is 2. The van der Waals surface area contributed by atoms with Gasteiger partial charge in [-0.05, 0) is 87.6 Å². The first kappa shape index (κ1) is 40.0. The zero-order valence-corrected chi connectivity index (χ0v) is 32.8. The van der Waals surface area contributed by atoms with Gasteiger partial charge in [-0.2, -0.15) is 5.06 Å². The molecule has 2 aromatic carbocycles. The first-order valence-corrected chi connectivity index (χ1v) is 18.9. The molecule has 0 radical (unpaired) electrons. The van der Waals surface area contributed by atoms with Gasteiger partial charge in [0.15, 0.2) is 0 Å². The van der Waals surface area contributed by atoms with Crippen LogP contribution in [0.5, 0.6) is 11.5 Å². The normalized spacial score (nSPS) is 27.9. The predicted octanol–water partition coefficient (Wildman–Crippen LogP) is 4.74. The van der Waals surface area contributed by atoms with Crippen molar-refractivity contribution >= 4 is 11.8 Å². The van der Waals surface area contributed by atoms with Gasteiger partial charge in [-0.3, -0.25) is 14.4 Å². The van der Waals surface area contributed by atoms with Crippen LogP contribution in [0.3, 0.4) is 0 Å². The lowest BCUT2D eigenvalue weighted by atomic mass is 9.45. The summed E-state index contributed by atoms with van der Waals surface area (Å²) >= 11 is 0. The van der Waals surface area contributed by atoms with Crippen LogP contribution < -0.4 is 20.1 Å². The van der Waals surface area contributed by atoms with E-state index in [9.17, 15) is 19.8 Å². The van der Waals surface area contributed by atoms with Crippen LogP contribution in [0.15, 0.2) is 36.4 Å². The molecule has 1 aliphatic heterocycles. The Morgan fingerprint density at radius 2 is 1.81 bits per heavy atom. The molecular formula is C41H62N4O7. The summed E-state index contributed by atoms with van der Waals surface area (Å²) in [6.45, 7) is 13.4. The van der Waals surface area contributed by atoms with E-state index in [1.54, 1.807) is 38.3 Å². The maximum absolute atomic E-state index is 14.2. The highest BCUT2D eigenvalue weighted by Gasteiger charge is 2.57. The number of hydrogen-bond acceptors (Lipinski definition) is 9. The van der Waals surface area contributed by atoms with Crippen LogP contribution in [0.1, 0.15) is 76.7 Å². The summed E-state index contributed by atoms with van der Waals surface area (Å²) < 4.78 is 11.8. The highest BCUT2D eigenvalue weighted by molar-refractivity contribution is 5.96. The van der Waals surface area contributed by atoms with Crippen molar-refractivity contribution in [2.75, 3.05) is 41.5 Å². The zero-order chi connectivity index (χ0) is 38.1. The van der Waals surface area contributed by atoms with Gasteiger partial charge in [0, 0.05) is 46.8 Å². The maximum Gasteiger partial charge on any atom is 0.251 e. The Balaban J connectivity index is 1.43. The SMILES string of the molecule is COc1ccc(C(=O)N[C@@H](CC(C)C)CN(C)C)cc1-c1cccc(CN2O[C@@H](CO)[C@H]([C@H](C)O)C2C(=O)N[C@H]2C[C@H]3C[C@@H]([C@@H]2C)C3(C)C)c1OC. The van der Waals surface area contributed by atoms with Gasteiger partial charge in [-0.25, -0.2) is 0 Å². The van der Waals surface area contributed by atoms with E-state index in [-0.39, 0.29) is 42.5 Å². The Morgan fingerprint density at radius 3 is 2.38 bits per heavy atom. The number of aliphatic hydroxyl groups is 2. The summed E-state index contributed by atoms with van der Waals surface area (Å²) in [5.74, 6) is 1.96. The van der Waals surface area contributed by atoms with Crippen molar-refractivity contribution in [3.63, 3.8) is 0 Å². The fourth-order valence-electron chi connectivity index (χ4n) is 9.33. The Kier molecular flexibility index (Phi) is 12.6. The smallest absolute Gasteiger partial charge is 0.251 e. The zero-order valence-electron chi connectivity index (χ0n) is 32.8. The largest absolute Gasteiger partial charge is 0.496 e. The van der Waals surface area contributed by atoms with E-state index in [1.807, 2.05) is 38.4 Å². The molecule has 1 unspecified atom stereocenters. The number of rotatable bonds is 15. The lowest BCUT2D eigenvalue weighted by Gasteiger charge is -2.62. The molecule has 11 nitrogen and oxygen atoms in total. The molecule has 0 spiro atoms. The van der Waals surface area contributed by atoms with Crippen molar-refractivity contribution in [3.8, 4) is 22.6 Å². The molecule has 9 atom stereocenters. The quantitative estimate of drug-likeness (QED) is 0.206. The first-order chi connectivity index (χ1) is 24.6. The first-order valence-electron chi connectivity index (χ1n) is 18.9. The second-order valence-corrected chi connectivity index (χ2v) is 16.7. The third-order valence-corrected chi connectivity index (χ3v) is 12.1. The number of methoxy groups -OCH3 is 2. The van der Waals surface area contributed by atoms with Crippen LogP contribution in [0.4, 0.5) is 0 Å². The minimum Gasteiger partial charge on any atom is -0.496 e. The summed E-state index contributed by atoms with van der Waals surface area (Å²) in [4.78, 5) is 36.2. The number of nitrogens with one attached hydrogen (secondary N) is 2. The molecule has 2 amide bonds. The van der Waals surface area contributed by atoms with Crippen molar-refractivity contribution in [2.24, 2.45) is 35.0 Å². The Bertz CT molecular complexity index is 1550. The number of ether oxygens (including phenoxy) is 2. The van der Waals surface area contributed by atoms with Crippen LogP contribution in [0.25, 0.3) is 11.1 Å². The van der Waals surface area contributed by atoms with Gasteiger partial charge in [0.2, 0.25) is 5.91 Å². The van der Waals surface area contributed by atoms with E-state index in [0.717, 1.165) is 24.9 Å². The molecule has 4 N–H and O–H groups in total. The molecule has 6 rings (SSSR count). The topological polar surface area (TPSA) is 133 Å². The number of nitrogens with zero attached hydrogens (tertiary/aromatic N) is 2. The number of benzene rings is 2. The average Bonchev–Trinajstić information content (AvgIpc) is 3.46. The van der Waals surface area contributed by atoms with Gasteiger partial charge in [0.05, 0.1) is 33.5 Å². The van der Waals surface area contributed by atoms with Crippen molar-refractivity contribution in [1.29, 1.82) is 0 Å². The van der Waals surface area contributed by atoms with E-state index in [2.05, 4.69) is 50.2 Å². The summed E-state index contributed by atoms with van der Waals surface area (Å²) in [7, 11) is 7.18. The number of hydroxylamine groups is 2. The third-order valence-electron chi connectivity index (χ3n) is 12.1. The number of likely N-dealkylation sites (N-methyl/N-ethyl adjacent to an activating group) is 1. The molecule has 3 saturated carbocycles. The predicted molar refractivity (Wildman–Crippen MR) is 202 cm³/mol. The molecular weight excluding hydrogens is 660 g/mol. The molecule has 288 valence electrons. The van der Waals surface area contributed by atoms with Crippen LogP contribution >= 0.6 is 0 Å². The highest BCUT2D eigenvalue weighted by Crippen LogP contribution is 2.61. The van der Waals surface area contributed by atoms with E-state index in [1.165, 1.54) is 6.42 Å². The molecule has 4 fully saturated rings. The summed E-state index contributed by atoms with van der Waals surface area (Å²) in [5.41, 5.74) is 2.90. The number of amides is 2.